The molecule has 1 aliphatic rings. The number of benzene rings is 1. The number of rotatable bonds is 3. The lowest BCUT2D eigenvalue weighted by Gasteiger charge is -2.34. The molecule has 0 N–H and O–H groups in total. The highest BCUT2D eigenvalue weighted by molar-refractivity contribution is 9.09. The van der Waals surface area contributed by atoms with E-state index in [1.54, 1.807) is 0 Å². The smallest absolute Gasteiger partial charge is 0.0270 e. The van der Waals surface area contributed by atoms with Crippen LogP contribution in [0.25, 0.3) is 0 Å². The van der Waals surface area contributed by atoms with E-state index in [2.05, 4.69) is 57.3 Å². The minimum absolute atomic E-state index is 0.528. The van der Waals surface area contributed by atoms with E-state index in [1.165, 1.54) is 23.1 Å². The Morgan fingerprint density at radius 2 is 1.94 bits per heavy atom. The number of halogens is 1. The molecule has 0 saturated heterocycles. The minimum atomic E-state index is 0.528. The van der Waals surface area contributed by atoms with Gasteiger partial charge in [-0.3, -0.25) is 4.98 Å². The summed E-state index contributed by atoms with van der Waals surface area (Å²) in [5.41, 5.74) is 4.38. The zero-order valence-electron chi connectivity index (χ0n) is 9.51. The highest BCUT2D eigenvalue weighted by Gasteiger charge is 2.31. The highest BCUT2D eigenvalue weighted by Crippen LogP contribution is 2.41. The Hall–Kier alpha value is -1.15. The van der Waals surface area contributed by atoms with Crippen LogP contribution in [0.1, 0.15) is 22.6 Å². The third kappa shape index (κ3) is 2.14. The lowest BCUT2D eigenvalue weighted by atomic mass is 9.75. The summed E-state index contributed by atoms with van der Waals surface area (Å²) in [5, 5.41) is 0. The maximum atomic E-state index is 4.05. The van der Waals surface area contributed by atoms with Gasteiger partial charge in [-0.05, 0) is 41.7 Å². The van der Waals surface area contributed by atoms with Crippen LogP contribution in [0.5, 0.6) is 0 Å². The number of alkyl halides is 1. The quantitative estimate of drug-likeness (QED) is 0.784. The molecule has 0 spiro atoms. The van der Waals surface area contributed by atoms with Gasteiger partial charge in [0, 0.05) is 23.1 Å². The highest BCUT2D eigenvalue weighted by atomic mass is 79.9. The van der Waals surface area contributed by atoms with E-state index in [4.69, 9.17) is 0 Å². The molecule has 1 aromatic carbocycles. The van der Waals surface area contributed by atoms with Crippen molar-refractivity contribution in [3.8, 4) is 0 Å². The van der Waals surface area contributed by atoms with E-state index in [9.17, 15) is 0 Å². The van der Waals surface area contributed by atoms with Crippen LogP contribution in [0.2, 0.25) is 0 Å². The SMILES string of the molecule is BrC(Cc1ccncc1)C1Cc2ccccc21. The molecule has 1 aromatic heterocycles. The zero-order chi connectivity index (χ0) is 11.7. The first-order chi connectivity index (χ1) is 8.34. The van der Waals surface area contributed by atoms with Gasteiger partial charge in [0.2, 0.25) is 0 Å². The summed E-state index contributed by atoms with van der Waals surface area (Å²) < 4.78 is 0. The van der Waals surface area contributed by atoms with Crippen molar-refractivity contribution >= 4 is 15.9 Å². The summed E-state index contributed by atoms with van der Waals surface area (Å²) in [5.74, 6) is 0.666. The lowest BCUT2D eigenvalue weighted by molar-refractivity contribution is 0.580. The Balaban J connectivity index is 1.72. The number of hydrogen-bond donors (Lipinski definition) is 0. The molecule has 2 atom stereocenters. The van der Waals surface area contributed by atoms with Crippen LogP contribution >= 0.6 is 15.9 Å². The second kappa shape index (κ2) is 4.61. The largest absolute Gasteiger partial charge is 0.265 e. The van der Waals surface area contributed by atoms with Crippen molar-refractivity contribution in [3.63, 3.8) is 0 Å². The van der Waals surface area contributed by atoms with Gasteiger partial charge in [-0.15, -0.1) is 0 Å². The van der Waals surface area contributed by atoms with Gasteiger partial charge < -0.3 is 0 Å². The Labute approximate surface area is 110 Å². The molecule has 3 rings (SSSR count). The van der Waals surface area contributed by atoms with Gasteiger partial charge in [0.25, 0.3) is 0 Å². The third-order valence-corrected chi connectivity index (χ3v) is 4.47. The van der Waals surface area contributed by atoms with Gasteiger partial charge in [-0.25, -0.2) is 0 Å². The second-order valence-corrected chi connectivity index (χ2v) is 5.76. The standard InChI is InChI=1S/C15H14BrN/c16-15(9-11-5-7-17-8-6-11)14-10-12-3-1-2-4-13(12)14/h1-8,14-15H,9-10H2. The van der Waals surface area contributed by atoms with Crippen molar-refractivity contribution in [2.45, 2.75) is 23.6 Å². The fourth-order valence-electron chi connectivity index (χ4n) is 2.51. The summed E-state index contributed by atoms with van der Waals surface area (Å²) in [6, 6.07) is 12.9. The van der Waals surface area contributed by atoms with Crippen molar-refractivity contribution in [2.75, 3.05) is 0 Å². The van der Waals surface area contributed by atoms with E-state index >= 15 is 0 Å². The summed E-state index contributed by atoms with van der Waals surface area (Å²) in [4.78, 5) is 4.58. The molecule has 0 amide bonds. The summed E-state index contributed by atoms with van der Waals surface area (Å²) in [6.07, 6.45) is 6.01. The Bertz CT molecular complexity index is 509. The number of fused-ring (bicyclic) bond motifs is 1. The number of pyridine rings is 1. The average molecular weight is 288 g/mol. The van der Waals surface area contributed by atoms with Gasteiger partial charge in [-0.1, -0.05) is 40.2 Å². The molecule has 1 nitrogen and oxygen atoms in total. The number of nitrogens with zero attached hydrogens (tertiary/aromatic N) is 1. The molecule has 0 aliphatic heterocycles. The van der Waals surface area contributed by atoms with Gasteiger partial charge in [0.15, 0.2) is 0 Å². The molecule has 0 saturated carbocycles. The molecular weight excluding hydrogens is 274 g/mol. The summed E-state index contributed by atoms with van der Waals surface area (Å²) in [7, 11) is 0. The van der Waals surface area contributed by atoms with Crippen LogP contribution in [0.4, 0.5) is 0 Å². The first-order valence-electron chi connectivity index (χ1n) is 5.95. The molecule has 1 aliphatic carbocycles. The fraction of sp³-hybridized carbons (Fsp3) is 0.267. The molecule has 0 bridgehead atoms. The van der Waals surface area contributed by atoms with E-state index in [0.717, 1.165) is 6.42 Å². The van der Waals surface area contributed by atoms with Crippen LogP contribution < -0.4 is 0 Å². The predicted octanol–water partition coefficient (Wildman–Crippen LogP) is 3.73. The molecule has 2 unspecified atom stereocenters. The molecule has 17 heavy (non-hydrogen) atoms. The molecule has 0 radical (unpaired) electrons. The normalized spacial score (nSPS) is 19.2. The number of aromatic nitrogens is 1. The first kappa shape index (κ1) is 11.0. The first-order valence-corrected chi connectivity index (χ1v) is 6.87. The van der Waals surface area contributed by atoms with Crippen molar-refractivity contribution < 1.29 is 0 Å². The summed E-state index contributed by atoms with van der Waals surface area (Å²) in [6.45, 7) is 0. The average Bonchev–Trinajstić information content (AvgIpc) is 2.32. The maximum absolute atomic E-state index is 4.05. The van der Waals surface area contributed by atoms with Crippen LogP contribution in [-0.2, 0) is 12.8 Å². The Kier molecular flexibility index (Phi) is 2.98. The molecule has 2 aromatic rings. The molecule has 86 valence electrons. The molecule has 0 fully saturated rings. The predicted molar refractivity (Wildman–Crippen MR) is 73.5 cm³/mol. The van der Waals surface area contributed by atoms with E-state index in [1.807, 2.05) is 12.4 Å². The Morgan fingerprint density at radius 3 is 2.71 bits per heavy atom. The maximum Gasteiger partial charge on any atom is 0.0270 e. The van der Waals surface area contributed by atoms with Gasteiger partial charge in [-0.2, -0.15) is 0 Å². The Morgan fingerprint density at radius 1 is 1.18 bits per heavy atom. The molecule has 2 heteroatoms. The van der Waals surface area contributed by atoms with Gasteiger partial charge in [0.1, 0.15) is 0 Å². The van der Waals surface area contributed by atoms with E-state index < -0.39 is 0 Å². The van der Waals surface area contributed by atoms with Crippen LogP contribution in [0.15, 0.2) is 48.8 Å². The molecular formula is C15H14BrN. The van der Waals surface area contributed by atoms with E-state index in [-0.39, 0.29) is 0 Å². The van der Waals surface area contributed by atoms with E-state index in [0.29, 0.717) is 10.7 Å². The monoisotopic (exact) mass is 287 g/mol. The minimum Gasteiger partial charge on any atom is -0.265 e. The van der Waals surface area contributed by atoms with Crippen molar-refractivity contribution in [1.82, 2.24) is 4.98 Å². The van der Waals surface area contributed by atoms with Crippen LogP contribution in [0, 0.1) is 0 Å². The number of hydrogen-bond acceptors (Lipinski definition) is 1. The van der Waals surface area contributed by atoms with Gasteiger partial charge >= 0.3 is 0 Å². The topological polar surface area (TPSA) is 12.9 Å². The lowest BCUT2D eigenvalue weighted by Crippen LogP contribution is -2.26. The fourth-order valence-corrected chi connectivity index (χ4v) is 3.35. The summed E-state index contributed by atoms with van der Waals surface area (Å²) >= 11 is 3.84. The third-order valence-electron chi connectivity index (χ3n) is 3.51. The van der Waals surface area contributed by atoms with Gasteiger partial charge in [0.05, 0.1) is 0 Å². The van der Waals surface area contributed by atoms with Crippen molar-refractivity contribution in [2.24, 2.45) is 0 Å². The van der Waals surface area contributed by atoms with Crippen molar-refractivity contribution in [1.29, 1.82) is 0 Å². The second-order valence-electron chi connectivity index (χ2n) is 4.59. The van der Waals surface area contributed by atoms with Crippen LogP contribution in [0.3, 0.4) is 0 Å². The molecule has 1 heterocycles. The zero-order valence-corrected chi connectivity index (χ0v) is 11.1. The van der Waals surface area contributed by atoms with Crippen molar-refractivity contribution in [3.05, 3.63) is 65.5 Å². The van der Waals surface area contributed by atoms with Crippen LogP contribution in [-0.4, -0.2) is 9.81 Å².